The van der Waals surface area contributed by atoms with Crippen LogP contribution >= 0.6 is 11.8 Å². The van der Waals surface area contributed by atoms with Crippen molar-refractivity contribution in [2.75, 3.05) is 7.11 Å². The second kappa shape index (κ2) is 6.67. The van der Waals surface area contributed by atoms with Gasteiger partial charge in [0.2, 0.25) is 0 Å². The van der Waals surface area contributed by atoms with Crippen molar-refractivity contribution in [3.05, 3.63) is 28.7 Å². The van der Waals surface area contributed by atoms with E-state index in [4.69, 9.17) is 9.47 Å². The molecular formula is C15H17NO4S. The molecule has 0 radical (unpaired) electrons. The zero-order valence-electron chi connectivity index (χ0n) is 12.1. The minimum atomic E-state index is -0.371. The molecule has 1 aromatic carbocycles. The lowest BCUT2D eigenvalue weighted by atomic mass is 10.2. The topological polar surface area (TPSA) is 64.6 Å². The van der Waals surface area contributed by atoms with Crippen molar-refractivity contribution in [2.24, 2.45) is 0 Å². The number of imide groups is 1. The van der Waals surface area contributed by atoms with E-state index in [0.717, 1.165) is 23.7 Å². The molecule has 1 N–H and O–H groups in total. The lowest BCUT2D eigenvalue weighted by Gasteiger charge is -2.15. The van der Waals surface area contributed by atoms with Crippen LogP contribution in [0.3, 0.4) is 0 Å². The lowest BCUT2D eigenvalue weighted by molar-refractivity contribution is -0.115. The number of hydrogen-bond donors (Lipinski definition) is 1. The average molecular weight is 307 g/mol. The molecule has 2 amide bonds. The predicted octanol–water partition coefficient (Wildman–Crippen LogP) is 3.20. The molecule has 0 aromatic heterocycles. The second-order valence-corrected chi connectivity index (χ2v) is 5.61. The van der Waals surface area contributed by atoms with Gasteiger partial charge in [-0.05, 0) is 48.9 Å². The van der Waals surface area contributed by atoms with E-state index in [2.05, 4.69) is 5.32 Å². The lowest BCUT2D eigenvalue weighted by Crippen LogP contribution is -2.17. The van der Waals surface area contributed by atoms with Crippen LogP contribution in [0.5, 0.6) is 11.5 Å². The Morgan fingerprint density at radius 1 is 1.33 bits per heavy atom. The Labute approximate surface area is 127 Å². The quantitative estimate of drug-likeness (QED) is 0.846. The molecule has 1 unspecified atom stereocenters. The first-order valence-electron chi connectivity index (χ1n) is 6.63. The summed E-state index contributed by atoms with van der Waals surface area (Å²) in [6, 6.07) is 5.40. The Hall–Kier alpha value is -1.95. The Morgan fingerprint density at radius 2 is 2.10 bits per heavy atom. The zero-order chi connectivity index (χ0) is 15.4. The summed E-state index contributed by atoms with van der Waals surface area (Å²) < 4.78 is 11.1. The third-order valence-corrected chi connectivity index (χ3v) is 3.84. The van der Waals surface area contributed by atoms with E-state index in [9.17, 15) is 9.59 Å². The molecule has 1 aliphatic heterocycles. The first kappa shape index (κ1) is 15.4. The normalized spacial score (nSPS) is 17.8. The monoisotopic (exact) mass is 307 g/mol. The maximum Gasteiger partial charge on any atom is 0.290 e. The third-order valence-electron chi connectivity index (χ3n) is 3.03. The van der Waals surface area contributed by atoms with Gasteiger partial charge in [-0.3, -0.25) is 14.9 Å². The van der Waals surface area contributed by atoms with Gasteiger partial charge in [0.05, 0.1) is 18.1 Å². The van der Waals surface area contributed by atoms with Crippen molar-refractivity contribution in [3.63, 3.8) is 0 Å². The molecule has 1 saturated heterocycles. The van der Waals surface area contributed by atoms with Gasteiger partial charge in [-0.25, -0.2) is 0 Å². The Morgan fingerprint density at radius 3 is 2.67 bits per heavy atom. The van der Waals surface area contributed by atoms with Crippen LogP contribution in [-0.4, -0.2) is 24.4 Å². The highest BCUT2D eigenvalue weighted by Crippen LogP contribution is 2.32. The number of thioether (sulfide) groups is 1. The van der Waals surface area contributed by atoms with Crippen LogP contribution in [0.2, 0.25) is 0 Å². The molecule has 1 fully saturated rings. The standard InChI is InChI=1S/C15H17NO4S/c1-4-9(2)20-11-6-5-10(7-12(11)19-3)8-13-14(17)16-15(18)21-13/h5-9H,4H2,1-3H3,(H,16,17,18)/b13-8-. The second-order valence-electron chi connectivity index (χ2n) is 4.60. The number of ether oxygens (including phenoxy) is 2. The van der Waals surface area contributed by atoms with Crippen molar-refractivity contribution >= 4 is 29.0 Å². The van der Waals surface area contributed by atoms with Gasteiger partial charge in [0.25, 0.3) is 11.1 Å². The van der Waals surface area contributed by atoms with Gasteiger partial charge in [0, 0.05) is 0 Å². The van der Waals surface area contributed by atoms with Gasteiger partial charge in [-0.1, -0.05) is 13.0 Å². The highest BCUT2D eigenvalue weighted by Gasteiger charge is 2.25. The predicted molar refractivity (Wildman–Crippen MR) is 82.5 cm³/mol. The summed E-state index contributed by atoms with van der Waals surface area (Å²) in [6.45, 7) is 4.03. The highest BCUT2D eigenvalue weighted by atomic mass is 32.2. The minimum absolute atomic E-state index is 0.0943. The molecule has 112 valence electrons. The third kappa shape index (κ3) is 3.78. The van der Waals surface area contributed by atoms with Gasteiger partial charge in [0.15, 0.2) is 11.5 Å². The van der Waals surface area contributed by atoms with Crippen molar-refractivity contribution in [1.29, 1.82) is 0 Å². The summed E-state index contributed by atoms with van der Waals surface area (Å²) in [5, 5.41) is 1.87. The molecule has 0 aliphatic carbocycles. The maximum absolute atomic E-state index is 11.5. The van der Waals surface area contributed by atoms with Crippen LogP contribution in [0.4, 0.5) is 4.79 Å². The molecule has 1 aromatic rings. The Kier molecular flexibility index (Phi) is 4.90. The van der Waals surface area contributed by atoms with E-state index >= 15 is 0 Å². The molecule has 0 bridgehead atoms. The number of benzene rings is 1. The summed E-state index contributed by atoms with van der Waals surface area (Å²) in [5.74, 6) is 0.886. The first-order chi connectivity index (χ1) is 10.0. The fourth-order valence-electron chi connectivity index (χ4n) is 1.74. The fourth-order valence-corrected chi connectivity index (χ4v) is 2.43. The van der Waals surface area contributed by atoms with Crippen LogP contribution in [0.25, 0.3) is 6.08 Å². The van der Waals surface area contributed by atoms with Crippen LogP contribution in [0, 0.1) is 0 Å². The average Bonchev–Trinajstić information content (AvgIpc) is 2.78. The molecule has 6 heteroatoms. The summed E-state index contributed by atoms with van der Waals surface area (Å²) in [7, 11) is 1.57. The maximum atomic E-state index is 11.5. The number of methoxy groups -OCH3 is 1. The van der Waals surface area contributed by atoms with E-state index in [1.807, 2.05) is 19.9 Å². The van der Waals surface area contributed by atoms with E-state index < -0.39 is 0 Å². The molecule has 2 rings (SSSR count). The van der Waals surface area contributed by atoms with Crippen LogP contribution in [0.15, 0.2) is 23.1 Å². The van der Waals surface area contributed by atoms with E-state index in [1.54, 1.807) is 25.3 Å². The molecule has 0 spiro atoms. The van der Waals surface area contributed by atoms with Crippen molar-refractivity contribution < 1.29 is 19.1 Å². The molecule has 0 saturated carbocycles. The molecule has 1 aliphatic rings. The fraction of sp³-hybridized carbons (Fsp3) is 0.333. The van der Waals surface area contributed by atoms with E-state index in [0.29, 0.717) is 16.4 Å². The molecule has 21 heavy (non-hydrogen) atoms. The number of carbonyl (C=O) groups is 2. The highest BCUT2D eigenvalue weighted by molar-refractivity contribution is 8.18. The van der Waals surface area contributed by atoms with Crippen LogP contribution < -0.4 is 14.8 Å². The van der Waals surface area contributed by atoms with Gasteiger partial charge >= 0.3 is 0 Å². The number of nitrogens with one attached hydrogen (secondary N) is 1. The van der Waals surface area contributed by atoms with E-state index in [1.165, 1.54) is 0 Å². The van der Waals surface area contributed by atoms with Crippen molar-refractivity contribution in [2.45, 2.75) is 26.4 Å². The molecular weight excluding hydrogens is 290 g/mol. The SMILES string of the molecule is CCC(C)Oc1ccc(/C=C2\SC(=O)NC2=O)cc1OC. The van der Waals surface area contributed by atoms with Crippen LogP contribution in [0.1, 0.15) is 25.8 Å². The molecule has 1 atom stereocenters. The first-order valence-corrected chi connectivity index (χ1v) is 7.44. The molecule has 1 heterocycles. The van der Waals surface area contributed by atoms with Gasteiger partial charge in [0.1, 0.15) is 0 Å². The largest absolute Gasteiger partial charge is 0.493 e. The molecule has 5 nitrogen and oxygen atoms in total. The summed E-state index contributed by atoms with van der Waals surface area (Å²) in [6.07, 6.45) is 2.64. The van der Waals surface area contributed by atoms with Gasteiger partial charge < -0.3 is 9.47 Å². The minimum Gasteiger partial charge on any atom is -0.493 e. The number of amides is 2. The number of rotatable bonds is 5. The summed E-state index contributed by atoms with van der Waals surface area (Å²) >= 11 is 0.890. The van der Waals surface area contributed by atoms with Gasteiger partial charge in [-0.2, -0.15) is 0 Å². The summed E-state index contributed by atoms with van der Waals surface area (Å²) in [5.41, 5.74) is 0.774. The van der Waals surface area contributed by atoms with E-state index in [-0.39, 0.29) is 17.3 Å². The zero-order valence-corrected chi connectivity index (χ0v) is 13.0. The smallest absolute Gasteiger partial charge is 0.290 e. The van der Waals surface area contributed by atoms with Gasteiger partial charge in [-0.15, -0.1) is 0 Å². The van der Waals surface area contributed by atoms with Crippen LogP contribution in [-0.2, 0) is 4.79 Å². The Balaban J connectivity index is 2.25. The summed E-state index contributed by atoms with van der Waals surface area (Å²) in [4.78, 5) is 23.0. The number of carbonyl (C=O) groups excluding carboxylic acids is 2. The van der Waals surface area contributed by atoms with Crippen molar-refractivity contribution in [1.82, 2.24) is 5.32 Å². The Bertz CT molecular complexity index is 597. The van der Waals surface area contributed by atoms with Crippen molar-refractivity contribution in [3.8, 4) is 11.5 Å². The number of hydrogen-bond acceptors (Lipinski definition) is 5.